The molecule has 2 saturated carbocycles. The van der Waals surface area contributed by atoms with Crippen LogP contribution in [-0.4, -0.2) is 32.0 Å². The summed E-state index contributed by atoms with van der Waals surface area (Å²) in [6.45, 7) is 4.43. The summed E-state index contributed by atoms with van der Waals surface area (Å²) in [4.78, 5) is 17.5. The van der Waals surface area contributed by atoms with E-state index in [0.29, 0.717) is 29.8 Å². The van der Waals surface area contributed by atoms with E-state index >= 15 is 0 Å². The third kappa shape index (κ3) is 3.48. The first-order chi connectivity index (χ1) is 13.2. The van der Waals surface area contributed by atoms with E-state index in [1.54, 1.807) is 0 Å². The summed E-state index contributed by atoms with van der Waals surface area (Å²) in [5, 5.41) is 8.14. The largest absolute Gasteiger partial charge is 0.361 e. The Morgan fingerprint density at radius 2 is 1.56 bits per heavy atom. The summed E-state index contributed by atoms with van der Waals surface area (Å²) in [6, 6.07) is 9.04. The van der Waals surface area contributed by atoms with Gasteiger partial charge in [-0.3, -0.25) is 0 Å². The van der Waals surface area contributed by atoms with Crippen LogP contribution in [0, 0.1) is 11.8 Å². The molecular weight excluding hydrogens is 336 g/mol. The van der Waals surface area contributed by atoms with Gasteiger partial charge in [0.2, 0.25) is 11.9 Å². The average Bonchev–Trinajstić information content (AvgIpc) is 3.57. The van der Waals surface area contributed by atoms with E-state index in [1.165, 1.54) is 25.7 Å². The molecule has 3 aromatic rings. The first kappa shape index (κ1) is 16.5. The maximum Gasteiger partial charge on any atom is 0.228 e. The predicted octanol–water partition coefficient (Wildman–Crippen LogP) is 5.18. The monoisotopic (exact) mass is 368 g/mol. The highest BCUT2D eigenvalue weighted by atomic mass is 15.2. The Balaban J connectivity index is 0.00000107. The number of anilines is 2. The quantitative estimate of drug-likeness (QED) is 0.535. The molecule has 2 unspecified atom stereocenters. The molecule has 0 amide bonds. The highest BCUT2D eigenvalue weighted by Gasteiger charge is 2.30. The smallest absolute Gasteiger partial charge is 0.228 e. The van der Waals surface area contributed by atoms with Crippen LogP contribution < -0.4 is 10.6 Å². The SMILES string of the molecule is CC(Nc1nc(NC(C)C2CC2)nc(-c2cccc3[nH]ccc23)n1)C1CC1.[HH].[HH].[HH]. The van der Waals surface area contributed by atoms with Gasteiger partial charge in [0, 0.05) is 39.0 Å². The van der Waals surface area contributed by atoms with Crippen molar-refractivity contribution < 1.29 is 4.28 Å². The second kappa shape index (κ2) is 6.51. The molecule has 6 nitrogen and oxygen atoms in total. The molecule has 0 spiro atoms. The van der Waals surface area contributed by atoms with Crippen molar-refractivity contribution in [1.82, 2.24) is 19.9 Å². The molecule has 6 heteroatoms. The van der Waals surface area contributed by atoms with Gasteiger partial charge in [0.05, 0.1) is 0 Å². The number of nitrogens with zero attached hydrogens (tertiary/aromatic N) is 3. The van der Waals surface area contributed by atoms with Crippen molar-refractivity contribution in [3.8, 4) is 11.4 Å². The van der Waals surface area contributed by atoms with Gasteiger partial charge in [0.15, 0.2) is 5.82 Å². The normalized spacial score (nSPS) is 19.0. The van der Waals surface area contributed by atoms with Gasteiger partial charge in [-0.1, -0.05) is 12.1 Å². The van der Waals surface area contributed by atoms with Gasteiger partial charge < -0.3 is 15.6 Å². The summed E-state index contributed by atoms with van der Waals surface area (Å²) in [7, 11) is 0. The zero-order valence-corrected chi connectivity index (χ0v) is 15.9. The molecule has 0 bridgehead atoms. The maximum atomic E-state index is 4.76. The molecule has 0 radical (unpaired) electrons. The number of aromatic amines is 1. The number of benzene rings is 1. The molecule has 0 saturated heterocycles. The average molecular weight is 369 g/mol. The van der Waals surface area contributed by atoms with Crippen LogP contribution in [0.25, 0.3) is 22.3 Å². The number of hydrogen-bond donors (Lipinski definition) is 3. The number of hydrogen-bond acceptors (Lipinski definition) is 5. The summed E-state index contributed by atoms with van der Waals surface area (Å²) in [5.41, 5.74) is 2.12. The molecule has 5 rings (SSSR count). The van der Waals surface area contributed by atoms with Crippen LogP contribution in [0.2, 0.25) is 0 Å². The van der Waals surface area contributed by atoms with Crippen LogP contribution in [0.15, 0.2) is 30.5 Å². The summed E-state index contributed by atoms with van der Waals surface area (Å²) in [5.74, 6) is 3.52. The Morgan fingerprint density at radius 1 is 0.926 bits per heavy atom. The molecule has 2 heterocycles. The van der Waals surface area contributed by atoms with E-state index in [0.717, 1.165) is 28.3 Å². The summed E-state index contributed by atoms with van der Waals surface area (Å²) in [6.07, 6.45) is 7.12. The molecule has 1 aromatic carbocycles. The van der Waals surface area contributed by atoms with Crippen molar-refractivity contribution in [1.29, 1.82) is 0 Å². The fourth-order valence-corrected chi connectivity index (χ4v) is 3.74. The first-order valence-corrected chi connectivity index (χ1v) is 10.0. The minimum Gasteiger partial charge on any atom is -0.361 e. The minimum absolute atomic E-state index is 0. The summed E-state index contributed by atoms with van der Waals surface area (Å²) >= 11 is 0. The predicted molar refractivity (Wildman–Crippen MR) is 115 cm³/mol. The fraction of sp³-hybridized carbons (Fsp3) is 0.476. The molecule has 2 aliphatic carbocycles. The Kier molecular flexibility index (Phi) is 3.99. The second-order valence-corrected chi connectivity index (χ2v) is 8.09. The van der Waals surface area contributed by atoms with E-state index in [9.17, 15) is 0 Å². The zero-order valence-electron chi connectivity index (χ0n) is 15.9. The molecule has 146 valence electrons. The third-order valence-corrected chi connectivity index (χ3v) is 5.84. The van der Waals surface area contributed by atoms with Crippen LogP contribution in [0.5, 0.6) is 0 Å². The highest BCUT2D eigenvalue weighted by Crippen LogP contribution is 2.35. The Labute approximate surface area is 163 Å². The van der Waals surface area contributed by atoms with Gasteiger partial charge in [-0.05, 0) is 63.5 Å². The lowest BCUT2D eigenvalue weighted by Crippen LogP contribution is -2.23. The van der Waals surface area contributed by atoms with Gasteiger partial charge in [-0.25, -0.2) is 0 Å². The Bertz CT molecular complexity index is 932. The van der Waals surface area contributed by atoms with E-state index in [-0.39, 0.29) is 4.28 Å². The zero-order chi connectivity index (χ0) is 18.4. The van der Waals surface area contributed by atoms with E-state index in [2.05, 4.69) is 52.6 Å². The molecule has 27 heavy (non-hydrogen) atoms. The van der Waals surface area contributed by atoms with Gasteiger partial charge in [-0.15, -0.1) is 0 Å². The summed E-state index contributed by atoms with van der Waals surface area (Å²) < 4.78 is 0. The standard InChI is InChI=1S/C21H26N6.3H2/c1-12(14-6-7-14)23-20-25-19(17-4-3-5-18-16(17)10-11-22-18)26-21(27-20)24-13(2)15-8-9-15;;;/h3-5,10-15,22H,6-9H2,1-2H3,(H2,23,24,25,26,27);3*1H. The van der Waals surface area contributed by atoms with Crippen molar-refractivity contribution in [3.05, 3.63) is 30.5 Å². The molecule has 0 aliphatic heterocycles. The van der Waals surface area contributed by atoms with Gasteiger partial charge >= 0.3 is 0 Å². The van der Waals surface area contributed by atoms with Gasteiger partial charge in [0.1, 0.15) is 0 Å². The van der Waals surface area contributed by atoms with Crippen LogP contribution >= 0.6 is 0 Å². The number of fused-ring (bicyclic) bond motifs is 1. The number of nitrogens with one attached hydrogen (secondary N) is 3. The lowest BCUT2D eigenvalue weighted by molar-refractivity contribution is 0.676. The third-order valence-electron chi connectivity index (χ3n) is 5.84. The van der Waals surface area contributed by atoms with Crippen molar-refractivity contribution >= 4 is 22.8 Å². The lowest BCUT2D eigenvalue weighted by Gasteiger charge is -2.17. The lowest BCUT2D eigenvalue weighted by atomic mass is 10.1. The van der Waals surface area contributed by atoms with E-state index < -0.39 is 0 Å². The minimum atomic E-state index is 0. The Morgan fingerprint density at radius 3 is 2.15 bits per heavy atom. The number of H-pyrrole nitrogens is 1. The molecule has 2 atom stereocenters. The van der Waals surface area contributed by atoms with Crippen molar-refractivity contribution in [2.24, 2.45) is 11.8 Å². The van der Waals surface area contributed by atoms with Crippen molar-refractivity contribution in [3.63, 3.8) is 0 Å². The fourth-order valence-electron chi connectivity index (χ4n) is 3.74. The van der Waals surface area contributed by atoms with Crippen molar-refractivity contribution in [2.45, 2.75) is 51.6 Å². The van der Waals surface area contributed by atoms with Gasteiger partial charge in [0.25, 0.3) is 0 Å². The maximum absolute atomic E-state index is 4.76. The molecule has 2 aliphatic rings. The topological polar surface area (TPSA) is 78.5 Å². The number of rotatable bonds is 7. The molecule has 3 N–H and O–H groups in total. The van der Waals surface area contributed by atoms with Crippen molar-refractivity contribution in [2.75, 3.05) is 10.6 Å². The van der Waals surface area contributed by atoms with Crippen LogP contribution in [-0.2, 0) is 0 Å². The van der Waals surface area contributed by atoms with Crippen LogP contribution in [0.4, 0.5) is 11.9 Å². The van der Waals surface area contributed by atoms with Crippen LogP contribution in [0.1, 0.15) is 43.8 Å². The molecular formula is C21H32N6. The van der Waals surface area contributed by atoms with E-state index in [1.807, 2.05) is 12.3 Å². The highest BCUT2D eigenvalue weighted by molar-refractivity contribution is 5.93. The second-order valence-electron chi connectivity index (χ2n) is 8.09. The molecule has 2 aromatic heterocycles. The Hall–Kier alpha value is -2.63. The molecule has 2 fully saturated rings. The van der Waals surface area contributed by atoms with Gasteiger partial charge in [-0.2, -0.15) is 15.0 Å². The van der Waals surface area contributed by atoms with E-state index in [4.69, 9.17) is 9.97 Å². The number of aromatic nitrogens is 4. The van der Waals surface area contributed by atoms with Crippen LogP contribution in [0.3, 0.4) is 0 Å². The first-order valence-electron chi connectivity index (χ1n) is 10.0.